The van der Waals surface area contributed by atoms with E-state index in [1.165, 1.54) is 37.7 Å². The average molecular weight is 297 g/mol. The standard InChI is InChI=1S/C15H21BrO/c1-3-12-4-7-14(8-5-12)17-15-9-6-13(16)10-11(15)2/h6,9-10,12,14H,3-5,7-8H2,1-2H3. The van der Waals surface area contributed by atoms with Crippen molar-refractivity contribution in [1.29, 1.82) is 0 Å². The summed E-state index contributed by atoms with van der Waals surface area (Å²) in [6, 6.07) is 6.25. The zero-order valence-corrected chi connectivity index (χ0v) is 12.3. The normalized spacial score (nSPS) is 24.6. The third-order valence-electron chi connectivity index (χ3n) is 3.80. The van der Waals surface area contributed by atoms with Crippen LogP contribution >= 0.6 is 15.9 Å². The largest absolute Gasteiger partial charge is 0.490 e. The van der Waals surface area contributed by atoms with Crippen molar-refractivity contribution in [1.82, 2.24) is 0 Å². The maximum atomic E-state index is 6.11. The van der Waals surface area contributed by atoms with Gasteiger partial charge in [-0.15, -0.1) is 0 Å². The Labute approximate surface area is 113 Å². The Morgan fingerprint density at radius 1 is 1.24 bits per heavy atom. The number of halogens is 1. The van der Waals surface area contributed by atoms with Crippen molar-refractivity contribution >= 4 is 15.9 Å². The Morgan fingerprint density at radius 2 is 1.94 bits per heavy atom. The van der Waals surface area contributed by atoms with Gasteiger partial charge in [0.05, 0.1) is 6.10 Å². The number of benzene rings is 1. The van der Waals surface area contributed by atoms with Crippen LogP contribution < -0.4 is 4.74 Å². The Balaban J connectivity index is 1.93. The van der Waals surface area contributed by atoms with Gasteiger partial charge in [0.25, 0.3) is 0 Å². The van der Waals surface area contributed by atoms with Crippen molar-refractivity contribution in [2.45, 2.75) is 52.1 Å². The minimum absolute atomic E-state index is 0.428. The van der Waals surface area contributed by atoms with Crippen LogP contribution in [0.2, 0.25) is 0 Å². The molecular weight excluding hydrogens is 276 g/mol. The molecular formula is C15H21BrO. The highest BCUT2D eigenvalue weighted by Gasteiger charge is 2.21. The Bertz CT molecular complexity index is 367. The first kappa shape index (κ1) is 12.9. The Kier molecular flexibility index (Phi) is 4.49. The summed E-state index contributed by atoms with van der Waals surface area (Å²) in [6.07, 6.45) is 6.84. The van der Waals surface area contributed by atoms with Crippen LogP contribution in [0, 0.1) is 12.8 Å². The maximum absolute atomic E-state index is 6.11. The summed E-state index contributed by atoms with van der Waals surface area (Å²) >= 11 is 3.48. The van der Waals surface area contributed by atoms with Crippen molar-refractivity contribution in [2.75, 3.05) is 0 Å². The summed E-state index contributed by atoms with van der Waals surface area (Å²) in [6.45, 7) is 4.41. The predicted octanol–water partition coefficient (Wildman–Crippen LogP) is 5.11. The molecule has 1 aromatic rings. The molecule has 0 unspecified atom stereocenters. The maximum Gasteiger partial charge on any atom is 0.122 e. The first-order valence-electron chi connectivity index (χ1n) is 6.62. The molecule has 0 aromatic heterocycles. The zero-order chi connectivity index (χ0) is 12.3. The van der Waals surface area contributed by atoms with Crippen molar-refractivity contribution in [2.24, 2.45) is 5.92 Å². The molecule has 1 fully saturated rings. The van der Waals surface area contributed by atoms with E-state index in [1.807, 2.05) is 0 Å². The number of aryl methyl sites for hydroxylation is 1. The molecule has 0 N–H and O–H groups in total. The summed E-state index contributed by atoms with van der Waals surface area (Å²) < 4.78 is 7.24. The second-order valence-electron chi connectivity index (χ2n) is 5.08. The van der Waals surface area contributed by atoms with Gasteiger partial charge in [-0.1, -0.05) is 29.3 Å². The zero-order valence-electron chi connectivity index (χ0n) is 10.7. The van der Waals surface area contributed by atoms with Crippen molar-refractivity contribution in [3.05, 3.63) is 28.2 Å². The lowest BCUT2D eigenvalue weighted by atomic mass is 9.86. The van der Waals surface area contributed by atoms with Crippen molar-refractivity contribution in [3.8, 4) is 5.75 Å². The predicted molar refractivity (Wildman–Crippen MR) is 75.5 cm³/mol. The van der Waals surface area contributed by atoms with Gasteiger partial charge in [0.2, 0.25) is 0 Å². The van der Waals surface area contributed by atoms with Crippen LogP contribution in [0.4, 0.5) is 0 Å². The van der Waals surface area contributed by atoms with Crippen LogP contribution in [0.25, 0.3) is 0 Å². The monoisotopic (exact) mass is 296 g/mol. The highest BCUT2D eigenvalue weighted by molar-refractivity contribution is 9.10. The molecule has 2 rings (SSSR count). The molecule has 0 aliphatic heterocycles. The highest BCUT2D eigenvalue weighted by Crippen LogP contribution is 2.31. The van der Waals surface area contributed by atoms with E-state index in [2.05, 4.69) is 48.0 Å². The highest BCUT2D eigenvalue weighted by atomic mass is 79.9. The van der Waals surface area contributed by atoms with Gasteiger partial charge in [-0.2, -0.15) is 0 Å². The van der Waals surface area contributed by atoms with Gasteiger partial charge in [0.15, 0.2) is 0 Å². The molecule has 0 atom stereocenters. The van der Waals surface area contributed by atoms with Crippen molar-refractivity contribution < 1.29 is 4.74 Å². The van der Waals surface area contributed by atoms with E-state index in [0.29, 0.717) is 6.10 Å². The number of hydrogen-bond donors (Lipinski definition) is 0. The lowest BCUT2D eigenvalue weighted by Crippen LogP contribution is -2.24. The van der Waals surface area contributed by atoms with Gasteiger partial charge in [-0.3, -0.25) is 0 Å². The number of rotatable bonds is 3. The summed E-state index contributed by atoms with van der Waals surface area (Å²) in [5.74, 6) is 1.98. The third kappa shape index (κ3) is 3.48. The topological polar surface area (TPSA) is 9.23 Å². The molecule has 0 amide bonds. The Morgan fingerprint density at radius 3 is 2.53 bits per heavy atom. The van der Waals surface area contributed by atoms with Crippen LogP contribution in [-0.4, -0.2) is 6.10 Å². The van der Waals surface area contributed by atoms with E-state index < -0.39 is 0 Å². The average Bonchev–Trinajstić information content (AvgIpc) is 2.34. The quantitative estimate of drug-likeness (QED) is 0.753. The minimum Gasteiger partial charge on any atom is -0.490 e. The summed E-state index contributed by atoms with van der Waals surface area (Å²) in [4.78, 5) is 0. The van der Waals surface area contributed by atoms with Gasteiger partial charge in [-0.25, -0.2) is 0 Å². The molecule has 0 saturated heterocycles. The second kappa shape index (κ2) is 5.90. The molecule has 0 heterocycles. The van der Waals surface area contributed by atoms with E-state index in [-0.39, 0.29) is 0 Å². The molecule has 1 saturated carbocycles. The fourth-order valence-electron chi connectivity index (χ4n) is 2.58. The van der Waals surface area contributed by atoms with Crippen LogP contribution in [0.3, 0.4) is 0 Å². The summed E-state index contributed by atoms with van der Waals surface area (Å²) in [5.41, 5.74) is 1.22. The molecule has 0 spiro atoms. The molecule has 1 aliphatic carbocycles. The van der Waals surface area contributed by atoms with Crippen LogP contribution in [0.5, 0.6) is 5.75 Å². The molecule has 1 aliphatic rings. The van der Waals surface area contributed by atoms with Gasteiger partial charge >= 0.3 is 0 Å². The molecule has 1 nitrogen and oxygen atoms in total. The summed E-state index contributed by atoms with van der Waals surface area (Å²) in [5, 5.41) is 0. The molecule has 0 bridgehead atoms. The van der Waals surface area contributed by atoms with E-state index in [0.717, 1.165) is 16.1 Å². The van der Waals surface area contributed by atoms with Gasteiger partial charge in [0, 0.05) is 4.47 Å². The second-order valence-corrected chi connectivity index (χ2v) is 5.99. The smallest absolute Gasteiger partial charge is 0.122 e. The van der Waals surface area contributed by atoms with Crippen molar-refractivity contribution in [3.63, 3.8) is 0 Å². The SMILES string of the molecule is CCC1CCC(Oc2ccc(Br)cc2C)CC1. The Hall–Kier alpha value is -0.500. The molecule has 1 aromatic carbocycles. The molecule has 0 radical (unpaired) electrons. The van der Waals surface area contributed by atoms with Crippen LogP contribution in [-0.2, 0) is 0 Å². The first-order chi connectivity index (χ1) is 8.19. The van der Waals surface area contributed by atoms with E-state index in [9.17, 15) is 0 Å². The van der Waals surface area contributed by atoms with Gasteiger partial charge in [-0.05, 0) is 62.3 Å². The lowest BCUT2D eigenvalue weighted by Gasteiger charge is -2.28. The van der Waals surface area contributed by atoms with Gasteiger partial charge < -0.3 is 4.74 Å². The third-order valence-corrected chi connectivity index (χ3v) is 4.29. The van der Waals surface area contributed by atoms with E-state index in [4.69, 9.17) is 4.74 Å². The number of hydrogen-bond acceptors (Lipinski definition) is 1. The van der Waals surface area contributed by atoms with Gasteiger partial charge in [0.1, 0.15) is 5.75 Å². The van der Waals surface area contributed by atoms with Crippen LogP contribution in [0.1, 0.15) is 44.6 Å². The lowest BCUT2D eigenvalue weighted by molar-refractivity contribution is 0.129. The molecule has 2 heteroatoms. The fraction of sp³-hybridized carbons (Fsp3) is 0.600. The molecule has 17 heavy (non-hydrogen) atoms. The fourth-order valence-corrected chi connectivity index (χ4v) is 3.06. The van der Waals surface area contributed by atoms with E-state index in [1.54, 1.807) is 0 Å². The number of ether oxygens (including phenoxy) is 1. The summed E-state index contributed by atoms with van der Waals surface area (Å²) in [7, 11) is 0. The first-order valence-corrected chi connectivity index (χ1v) is 7.41. The molecule has 94 valence electrons. The van der Waals surface area contributed by atoms with Crippen LogP contribution in [0.15, 0.2) is 22.7 Å². The van der Waals surface area contributed by atoms with E-state index >= 15 is 0 Å². The minimum atomic E-state index is 0.428.